The summed E-state index contributed by atoms with van der Waals surface area (Å²) in [5, 5.41) is 5.57. The maximum Gasteiger partial charge on any atom is 0.319 e. The quantitative estimate of drug-likeness (QED) is 0.708. The van der Waals surface area contributed by atoms with Crippen LogP contribution in [0.15, 0.2) is 48.5 Å². The number of hydrogen-bond donors (Lipinski definition) is 3. The van der Waals surface area contributed by atoms with E-state index in [9.17, 15) is 14.0 Å². The minimum atomic E-state index is -0.674. The zero-order chi connectivity index (χ0) is 20.1. The number of halogens is 2. The van der Waals surface area contributed by atoms with Gasteiger partial charge in [-0.15, -0.1) is 12.4 Å². The van der Waals surface area contributed by atoms with Crippen molar-refractivity contribution in [1.29, 1.82) is 0 Å². The maximum absolute atomic E-state index is 12.9. The predicted octanol–water partition coefficient (Wildman–Crippen LogP) is 3.37. The molecule has 0 aliphatic carbocycles. The van der Waals surface area contributed by atoms with Crippen molar-refractivity contribution in [2.24, 2.45) is 5.73 Å². The van der Waals surface area contributed by atoms with Crippen molar-refractivity contribution in [3.05, 3.63) is 65.5 Å². The standard InChI is InChI=1S/C21H25FN4O2.ClH/c1-14-2-4-15(5-3-14)19(23)20(27)26-12-10-18(11-13-26)25-21(28)24-17-8-6-16(22)7-9-17;/h2-9,18-19H,10-13,23H2,1H3,(H2,24,25,28);1H. The van der Waals surface area contributed by atoms with Crippen molar-refractivity contribution in [2.75, 3.05) is 18.4 Å². The number of nitrogens with zero attached hydrogens (tertiary/aromatic N) is 1. The number of likely N-dealkylation sites (tertiary alicyclic amines) is 1. The average Bonchev–Trinajstić information content (AvgIpc) is 2.70. The van der Waals surface area contributed by atoms with Crippen molar-refractivity contribution < 1.29 is 14.0 Å². The molecule has 3 amide bonds. The highest BCUT2D eigenvalue weighted by Crippen LogP contribution is 2.18. The van der Waals surface area contributed by atoms with Crippen molar-refractivity contribution in [3.8, 4) is 0 Å². The van der Waals surface area contributed by atoms with Gasteiger partial charge < -0.3 is 21.3 Å². The number of nitrogens with two attached hydrogens (primary N) is 1. The molecule has 1 heterocycles. The SMILES string of the molecule is Cc1ccc(C(N)C(=O)N2CCC(NC(=O)Nc3ccc(F)cc3)CC2)cc1.Cl. The van der Waals surface area contributed by atoms with E-state index in [2.05, 4.69) is 10.6 Å². The Bertz CT molecular complexity index is 822. The summed E-state index contributed by atoms with van der Waals surface area (Å²) in [6.45, 7) is 3.07. The third-order valence-electron chi connectivity index (χ3n) is 4.95. The minimum absolute atomic E-state index is 0. The molecule has 156 valence electrons. The van der Waals surface area contributed by atoms with Gasteiger partial charge in [-0.3, -0.25) is 4.79 Å². The Labute approximate surface area is 176 Å². The minimum Gasteiger partial charge on any atom is -0.341 e. The number of carbonyl (C=O) groups excluding carboxylic acids is 2. The van der Waals surface area contributed by atoms with E-state index in [0.29, 0.717) is 31.6 Å². The normalized spacial score (nSPS) is 15.2. The predicted molar refractivity (Wildman–Crippen MR) is 114 cm³/mol. The van der Waals surface area contributed by atoms with Gasteiger partial charge in [-0.05, 0) is 49.6 Å². The lowest BCUT2D eigenvalue weighted by Crippen LogP contribution is -2.49. The molecule has 3 rings (SSSR count). The van der Waals surface area contributed by atoms with Crippen LogP contribution in [-0.2, 0) is 4.79 Å². The lowest BCUT2D eigenvalue weighted by atomic mass is 10.0. The van der Waals surface area contributed by atoms with Gasteiger partial charge >= 0.3 is 6.03 Å². The van der Waals surface area contributed by atoms with Gasteiger partial charge in [0.15, 0.2) is 0 Å². The smallest absolute Gasteiger partial charge is 0.319 e. The molecular weight excluding hydrogens is 395 g/mol. The second-order valence-electron chi connectivity index (χ2n) is 7.09. The molecule has 0 saturated carbocycles. The van der Waals surface area contributed by atoms with E-state index < -0.39 is 6.04 Å². The van der Waals surface area contributed by atoms with Crippen LogP contribution in [-0.4, -0.2) is 36.0 Å². The van der Waals surface area contributed by atoms with E-state index in [1.54, 1.807) is 4.90 Å². The van der Waals surface area contributed by atoms with Gasteiger partial charge in [0, 0.05) is 24.8 Å². The van der Waals surface area contributed by atoms with Crippen LogP contribution >= 0.6 is 12.4 Å². The molecule has 1 saturated heterocycles. The van der Waals surface area contributed by atoms with Crippen molar-refractivity contribution in [2.45, 2.75) is 31.8 Å². The number of piperidine rings is 1. The molecule has 29 heavy (non-hydrogen) atoms. The van der Waals surface area contributed by atoms with Crippen LogP contribution < -0.4 is 16.4 Å². The lowest BCUT2D eigenvalue weighted by molar-refractivity contribution is -0.133. The van der Waals surface area contributed by atoms with Crippen LogP contribution in [0.25, 0.3) is 0 Å². The summed E-state index contributed by atoms with van der Waals surface area (Å²) >= 11 is 0. The summed E-state index contributed by atoms with van der Waals surface area (Å²) < 4.78 is 12.9. The number of anilines is 1. The lowest BCUT2D eigenvalue weighted by Gasteiger charge is -2.34. The highest BCUT2D eigenvalue weighted by Gasteiger charge is 2.27. The molecule has 0 radical (unpaired) electrons. The van der Waals surface area contributed by atoms with Crippen molar-refractivity contribution in [1.82, 2.24) is 10.2 Å². The fraction of sp³-hybridized carbons (Fsp3) is 0.333. The molecule has 1 aliphatic heterocycles. The van der Waals surface area contributed by atoms with Crippen LogP contribution in [0.1, 0.15) is 30.0 Å². The van der Waals surface area contributed by atoms with E-state index >= 15 is 0 Å². The first-order chi connectivity index (χ1) is 13.4. The number of amides is 3. The second-order valence-corrected chi connectivity index (χ2v) is 7.09. The highest BCUT2D eigenvalue weighted by atomic mass is 35.5. The highest BCUT2D eigenvalue weighted by molar-refractivity contribution is 5.89. The number of hydrogen-bond acceptors (Lipinski definition) is 3. The summed E-state index contributed by atoms with van der Waals surface area (Å²) in [5.41, 5.74) is 8.58. The Morgan fingerprint density at radius 1 is 1.07 bits per heavy atom. The molecule has 4 N–H and O–H groups in total. The largest absolute Gasteiger partial charge is 0.341 e. The van der Waals surface area contributed by atoms with Gasteiger partial charge in [0.1, 0.15) is 11.9 Å². The van der Waals surface area contributed by atoms with Crippen LogP contribution in [0.2, 0.25) is 0 Å². The number of urea groups is 1. The summed E-state index contributed by atoms with van der Waals surface area (Å²) in [6.07, 6.45) is 1.31. The molecule has 1 aliphatic rings. The fourth-order valence-corrected chi connectivity index (χ4v) is 3.24. The number of carbonyl (C=O) groups is 2. The molecule has 0 spiro atoms. The zero-order valence-electron chi connectivity index (χ0n) is 16.2. The number of nitrogens with one attached hydrogen (secondary N) is 2. The molecule has 1 unspecified atom stereocenters. The van der Waals surface area contributed by atoms with E-state index in [1.165, 1.54) is 24.3 Å². The maximum atomic E-state index is 12.9. The van der Waals surface area contributed by atoms with Gasteiger partial charge in [-0.2, -0.15) is 0 Å². The Morgan fingerprint density at radius 3 is 2.24 bits per heavy atom. The summed E-state index contributed by atoms with van der Waals surface area (Å²) in [5.74, 6) is -0.454. The molecular formula is C21H26ClFN4O2. The van der Waals surface area contributed by atoms with E-state index in [-0.39, 0.29) is 36.2 Å². The fourth-order valence-electron chi connectivity index (χ4n) is 3.24. The second kappa shape index (κ2) is 10.2. The summed E-state index contributed by atoms with van der Waals surface area (Å²) in [6, 6.07) is 12.2. The van der Waals surface area contributed by atoms with Crippen LogP contribution in [0.5, 0.6) is 0 Å². The molecule has 8 heteroatoms. The number of benzene rings is 2. The van der Waals surface area contributed by atoms with E-state index in [0.717, 1.165) is 11.1 Å². The Balaban J connectivity index is 0.00000300. The average molecular weight is 421 g/mol. The third kappa shape index (κ3) is 6.17. The van der Waals surface area contributed by atoms with E-state index in [4.69, 9.17) is 5.73 Å². The van der Waals surface area contributed by atoms with Crippen LogP contribution in [0.3, 0.4) is 0 Å². The first-order valence-electron chi connectivity index (χ1n) is 9.36. The topological polar surface area (TPSA) is 87.5 Å². The first-order valence-corrected chi connectivity index (χ1v) is 9.36. The Hall–Kier alpha value is -2.64. The Kier molecular flexibility index (Phi) is 7.99. The van der Waals surface area contributed by atoms with Crippen molar-refractivity contribution >= 4 is 30.0 Å². The zero-order valence-corrected chi connectivity index (χ0v) is 17.0. The molecule has 1 fully saturated rings. The van der Waals surface area contributed by atoms with Gasteiger partial charge in [-0.1, -0.05) is 29.8 Å². The summed E-state index contributed by atoms with van der Waals surface area (Å²) in [7, 11) is 0. The van der Waals surface area contributed by atoms with Crippen LogP contribution in [0.4, 0.5) is 14.9 Å². The van der Waals surface area contributed by atoms with Gasteiger partial charge in [-0.25, -0.2) is 9.18 Å². The number of aryl methyl sites for hydroxylation is 1. The Morgan fingerprint density at radius 2 is 1.66 bits per heavy atom. The molecule has 2 aromatic rings. The number of rotatable bonds is 4. The van der Waals surface area contributed by atoms with Crippen LogP contribution in [0, 0.1) is 12.7 Å². The molecule has 1 atom stereocenters. The third-order valence-corrected chi connectivity index (χ3v) is 4.95. The van der Waals surface area contributed by atoms with Gasteiger partial charge in [0.2, 0.25) is 5.91 Å². The molecule has 2 aromatic carbocycles. The van der Waals surface area contributed by atoms with Gasteiger partial charge in [0.25, 0.3) is 0 Å². The van der Waals surface area contributed by atoms with Crippen molar-refractivity contribution in [3.63, 3.8) is 0 Å². The van der Waals surface area contributed by atoms with E-state index in [1.807, 2.05) is 31.2 Å². The molecule has 0 aromatic heterocycles. The first kappa shape index (κ1) is 22.6. The summed E-state index contributed by atoms with van der Waals surface area (Å²) in [4.78, 5) is 26.5. The molecule has 0 bridgehead atoms. The van der Waals surface area contributed by atoms with Gasteiger partial charge in [0.05, 0.1) is 0 Å². The monoisotopic (exact) mass is 420 g/mol. The molecule has 6 nitrogen and oxygen atoms in total.